The number of rotatable bonds is 1. The van der Waals surface area contributed by atoms with Gasteiger partial charge in [0.25, 0.3) is 0 Å². The molecular formula is C7H13NOSSi. The van der Waals surface area contributed by atoms with Crippen LogP contribution in [0.15, 0.2) is 16.6 Å². The molecule has 0 amide bonds. The number of aliphatic imine (C=N–C) groups is 1. The van der Waals surface area contributed by atoms with Crippen molar-refractivity contribution in [2.45, 2.75) is 19.6 Å². The van der Waals surface area contributed by atoms with E-state index in [2.05, 4.69) is 24.6 Å². The lowest BCUT2D eigenvalue weighted by Crippen LogP contribution is -2.30. The van der Waals surface area contributed by atoms with Gasteiger partial charge in [-0.1, -0.05) is 0 Å². The van der Waals surface area contributed by atoms with E-state index in [9.17, 15) is 0 Å². The summed E-state index contributed by atoms with van der Waals surface area (Å²) in [6.07, 6.45) is 1.80. The van der Waals surface area contributed by atoms with Gasteiger partial charge in [0, 0.05) is 6.20 Å². The van der Waals surface area contributed by atoms with Gasteiger partial charge < -0.3 is 4.43 Å². The molecular weight excluding hydrogens is 174 g/mol. The Hall–Kier alpha value is -0.223. The van der Waals surface area contributed by atoms with Gasteiger partial charge in [-0.15, -0.1) is 11.8 Å². The third-order valence-electron chi connectivity index (χ3n) is 1.01. The molecule has 0 N–H and O–H groups in total. The van der Waals surface area contributed by atoms with Gasteiger partial charge in [-0.3, -0.25) is 0 Å². The molecule has 0 aliphatic carbocycles. The van der Waals surface area contributed by atoms with E-state index in [-0.39, 0.29) is 0 Å². The van der Waals surface area contributed by atoms with E-state index in [1.165, 1.54) is 0 Å². The first kappa shape index (κ1) is 8.87. The Bertz CT molecular complexity index is 195. The normalized spacial score (nSPS) is 17.9. The van der Waals surface area contributed by atoms with Gasteiger partial charge in [-0.25, -0.2) is 4.99 Å². The van der Waals surface area contributed by atoms with Crippen molar-refractivity contribution in [3.8, 4) is 0 Å². The molecule has 11 heavy (non-hydrogen) atoms. The fraction of sp³-hybridized carbons (Fsp3) is 0.571. The van der Waals surface area contributed by atoms with Crippen LogP contribution in [0.2, 0.25) is 19.6 Å². The number of hydrogen-bond acceptors (Lipinski definition) is 3. The molecule has 1 aliphatic rings. The van der Waals surface area contributed by atoms with Crippen molar-refractivity contribution >= 4 is 26.0 Å². The fourth-order valence-corrected chi connectivity index (χ4v) is 2.18. The van der Waals surface area contributed by atoms with E-state index >= 15 is 0 Å². The highest BCUT2D eigenvalue weighted by Crippen LogP contribution is 2.13. The smallest absolute Gasteiger partial charge is 0.243 e. The van der Waals surface area contributed by atoms with Crippen molar-refractivity contribution in [3.63, 3.8) is 0 Å². The second-order valence-electron chi connectivity index (χ2n) is 3.33. The SMILES string of the molecule is C[Si](C)(C)OC1=NC=CSC1. The van der Waals surface area contributed by atoms with E-state index in [1.807, 2.05) is 5.41 Å². The third-order valence-corrected chi connectivity index (χ3v) is 2.58. The minimum absolute atomic E-state index is 0.886. The molecule has 0 aromatic heterocycles. The van der Waals surface area contributed by atoms with Gasteiger partial charge in [-0.2, -0.15) is 0 Å². The van der Waals surface area contributed by atoms with Crippen LogP contribution >= 0.6 is 11.8 Å². The topological polar surface area (TPSA) is 21.6 Å². The maximum Gasteiger partial charge on any atom is 0.243 e. The highest BCUT2D eigenvalue weighted by atomic mass is 32.2. The Kier molecular flexibility index (Phi) is 2.78. The first-order chi connectivity index (χ1) is 5.08. The lowest BCUT2D eigenvalue weighted by atomic mass is 10.7. The summed E-state index contributed by atoms with van der Waals surface area (Å²) in [6, 6.07) is 0. The largest absolute Gasteiger partial charge is 0.534 e. The molecule has 0 spiro atoms. The minimum Gasteiger partial charge on any atom is -0.534 e. The third kappa shape index (κ3) is 3.62. The predicted octanol–water partition coefficient (Wildman–Crippen LogP) is 2.45. The van der Waals surface area contributed by atoms with Crippen molar-refractivity contribution < 1.29 is 4.43 Å². The van der Waals surface area contributed by atoms with E-state index in [1.54, 1.807) is 18.0 Å². The summed E-state index contributed by atoms with van der Waals surface area (Å²) in [6.45, 7) is 6.50. The average Bonchev–Trinajstić information content (AvgIpc) is 1.85. The molecule has 1 rings (SSSR count). The van der Waals surface area contributed by atoms with Crippen molar-refractivity contribution in [3.05, 3.63) is 11.6 Å². The molecule has 62 valence electrons. The molecule has 4 heteroatoms. The summed E-state index contributed by atoms with van der Waals surface area (Å²) in [4.78, 5) is 4.14. The van der Waals surface area contributed by atoms with Crippen LogP contribution in [0.3, 0.4) is 0 Å². The van der Waals surface area contributed by atoms with Gasteiger partial charge in [0.2, 0.25) is 8.32 Å². The molecule has 1 heterocycles. The minimum atomic E-state index is -1.42. The van der Waals surface area contributed by atoms with E-state index in [4.69, 9.17) is 4.43 Å². The molecule has 0 fully saturated rings. The number of nitrogens with zero attached hydrogens (tertiary/aromatic N) is 1. The van der Waals surface area contributed by atoms with Crippen LogP contribution in [0.5, 0.6) is 0 Å². The Balaban J connectivity index is 2.49. The zero-order chi connectivity index (χ0) is 8.32. The van der Waals surface area contributed by atoms with Crippen LogP contribution in [0.1, 0.15) is 0 Å². The highest BCUT2D eigenvalue weighted by molar-refractivity contribution is 8.02. The lowest BCUT2D eigenvalue weighted by molar-refractivity contribution is 0.549. The zero-order valence-electron chi connectivity index (χ0n) is 7.13. The fourth-order valence-electron chi connectivity index (χ4n) is 0.723. The summed E-state index contributed by atoms with van der Waals surface area (Å²) in [7, 11) is -1.42. The molecule has 0 radical (unpaired) electrons. The van der Waals surface area contributed by atoms with Crippen LogP contribution in [-0.2, 0) is 4.43 Å². The Morgan fingerprint density at radius 2 is 2.27 bits per heavy atom. The van der Waals surface area contributed by atoms with Crippen molar-refractivity contribution in [1.29, 1.82) is 0 Å². The molecule has 0 aromatic rings. The van der Waals surface area contributed by atoms with Crippen LogP contribution in [0.4, 0.5) is 0 Å². The lowest BCUT2D eigenvalue weighted by Gasteiger charge is -2.20. The first-order valence-corrected chi connectivity index (χ1v) is 8.06. The number of thioether (sulfide) groups is 1. The monoisotopic (exact) mass is 187 g/mol. The molecule has 2 nitrogen and oxygen atoms in total. The summed E-state index contributed by atoms with van der Waals surface area (Å²) in [5, 5.41) is 1.98. The Labute approximate surface area is 72.9 Å². The van der Waals surface area contributed by atoms with Gasteiger partial charge in [0.1, 0.15) is 0 Å². The molecule has 0 saturated carbocycles. The molecule has 0 saturated heterocycles. The average molecular weight is 187 g/mol. The van der Waals surface area contributed by atoms with E-state index in [0.717, 1.165) is 11.7 Å². The molecule has 0 unspecified atom stereocenters. The second-order valence-corrected chi connectivity index (χ2v) is 8.66. The quantitative estimate of drug-likeness (QED) is 0.588. The first-order valence-electron chi connectivity index (χ1n) is 3.60. The van der Waals surface area contributed by atoms with E-state index < -0.39 is 8.32 Å². The zero-order valence-corrected chi connectivity index (χ0v) is 8.94. The Morgan fingerprint density at radius 1 is 1.55 bits per heavy atom. The maximum atomic E-state index is 5.70. The Morgan fingerprint density at radius 3 is 2.73 bits per heavy atom. The predicted molar refractivity (Wildman–Crippen MR) is 53.5 cm³/mol. The van der Waals surface area contributed by atoms with Gasteiger partial charge in [0.15, 0.2) is 5.90 Å². The summed E-state index contributed by atoms with van der Waals surface area (Å²) in [5.41, 5.74) is 0. The van der Waals surface area contributed by atoms with Crippen LogP contribution < -0.4 is 0 Å². The molecule has 1 aliphatic heterocycles. The molecule has 0 atom stereocenters. The van der Waals surface area contributed by atoms with Crippen LogP contribution in [-0.4, -0.2) is 20.0 Å². The summed E-state index contributed by atoms with van der Waals surface area (Å²) < 4.78 is 5.70. The standard InChI is InChI=1S/C7H13NOSSi/c1-11(2,3)9-7-6-10-5-4-8-7/h4-5H,6H2,1-3H3. The molecule has 0 aromatic carbocycles. The van der Waals surface area contributed by atoms with Crippen LogP contribution in [0, 0.1) is 0 Å². The second kappa shape index (κ2) is 3.45. The highest BCUT2D eigenvalue weighted by Gasteiger charge is 2.18. The number of hydrogen-bond donors (Lipinski definition) is 0. The van der Waals surface area contributed by atoms with Crippen LogP contribution in [0.25, 0.3) is 0 Å². The summed E-state index contributed by atoms with van der Waals surface area (Å²) >= 11 is 1.73. The van der Waals surface area contributed by atoms with E-state index in [0.29, 0.717) is 0 Å². The van der Waals surface area contributed by atoms with Crippen molar-refractivity contribution in [2.75, 3.05) is 5.75 Å². The van der Waals surface area contributed by atoms with Gasteiger partial charge >= 0.3 is 0 Å². The van der Waals surface area contributed by atoms with Gasteiger partial charge in [0.05, 0.1) is 5.75 Å². The molecule has 0 bridgehead atoms. The maximum absolute atomic E-state index is 5.70. The summed E-state index contributed by atoms with van der Waals surface area (Å²) in [5.74, 6) is 1.78. The van der Waals surface area contributed by atoms with Gasteiger partial charge in [-0.05, 0) is 25.0 Å². The van der Waals surface area contributed by atoms with Crippen molar-refractivity contribution in [2.24, 2.45) is 4.99 Å². The van der Waals surface area contributed by atoms with Crippen molar-refractivity contribution in [1.82, 2.24) is 0 Å².